The minimum absolute atomic E-state index is 0.0596. The molecule has 1 aromatic heterocycles. The van der Waals surface area contributed by atoms with E-state index in [1.807, 2.05) is 0 Å². The summed E-state index contributed by atoms with van der Waals surface area (Å²) in [5, 5.41) is 15.5. The molecule has 2 N–H and O–H groups in total. The Kier molecular flexibility index (Phi) is 7.96. The number of esters is 1. The van der Waals surface area contributed by atoms with E-state index in [0.717, 1.165) is 18.0 Å². The van der Waals surface area contributed by atoms with Gasteiger partial charge in [0.15, 0.2) is 5.69 Å². The number of ether oxygens (including phenoxy) is 3. The molecule has 0 saturated heterocycles. The molecule has 0 spiro atoms. The summed E-state index contributed by atoms with van der Waals surface area (Å²) < 4.78 is 57.3. The molecule has 0 aliphatic rings. The number of nitrogens with one attached hydrogen (secondary N) is 1. The van der Waals surface area contributed by atoms with Crippen molar-refractivity contribution in [1.29, 1.82) is 0 Å². The molecule has 0 unspecified atom stereocenters. The first-order valence-corrected chi connectivity index (χ1v) is 9.83. The van der Waals surface area contributed by atoms with Gasteiger partial charge >= 0.3 is 18.2 Å². The van der Waals surface area contributed by atoms with Crippen LogP contribution in [0.2, 0.25) is 0 Å². The molecule has 33 heavy (non-hydrogen) atoms. The van der Waals surface area contributed by atoms with E-state index in [9.17, 15) is 27.9 Å². The number of rotatable bonds is 7. The first kappa shape index (κ1) is 26.0. The smallest absolute Gasteiger partial charge is 0.435 e. The van der Waals surface area contributed by atoms with Crippen LogP contribution in [-0.2, 0) is 29.3 Å². The van der Waals surface area contributed by atoms with E-state index in [1.54, 1.807) is 20.8 Å². The minimum atomic E-state index is -4.78. The molecular formula is C21H26F3N3O6. The molecule has 1 heterocycles. The van der Waals surface area contributed by atoms with Crippen LogP contribution in [0.4, 0.5) is 18.0 Å². The lowest BCUT2D eigenvalue weighted by Gasteiger charge is -2.20. The maximum Gasteiger partial charge on any atom is 0.435 e. The van der Waals surface area contributed by atoms with Crippen molar-refractivity contribution in [2.75, 3.05) is 20.3 Å². The Morgan fingerprint density at radius 2 is 1.85 bits per heavy atom. The molecule has 1 amide bonds. The van der Waals surface area contributed by atoms with E-state index >= 15 is 0 Å². The molecule has 0 atom stereocenters. The molecule has 0 radical (unpaired) electrons. The summed E-state index contributed by atoms with van der Waals surface area (Å²) in [4.78, 5) is 24.1. The van der Waals surface area contributed by atoms with Crippen LogP contribution in [0.25, 0.3) is 11.1 Å². The molecule has 9 nitrogen and oxygen atoms in total. The number of carbonyl (C=O) groups is 2. The third-order valence-corrected chi connectivity index (χ3v) is 4.14. The number of alkyl halides is 3. The lowest BCUT2D eigenvalue weighted by Crippen LogP contribution is -2.34. The Hall–Kier alpha value is -3.28. The average Bonchev–Trinajstić information content (AvgIpc) is 3.11. The summed E-state index contributed by atoms with van der Waals surface area (Å²) in [5.41, 5.74) is -2.38. The lowest BCUT2D eigenvalue weighted by molar-refractivity contribution is -0.141. The number of alkyl carbamates (subject to hydrolysis) is 1. The second-order valence-electron chi connectivity index (χ2n) is 8.01. The second kappa shape index (κ2) is 10.1. The molecule has 0 bridgehead atoms. The molecular weight excluding hydrogens is 447 g/mol. The van der Waals surface area contributed by atoms with Crippen LogP contribution in [0, 0.1) is 0 Å². The van der Waals surface area contributed by atoms with Gasteiger partial charge in [-0.3, -0.25) is 4.68 Å². The zero-order valence-corrected chi connectivity index (χ0v) is 18.9. The number of benzene rings is 1. The molecule has 1 aromatic carbocycles. The SMILES string of the molecule is COC(=O)c1cc(CO)cc(-c2cn(C)nc2C(F)(F)F)c1OCCNC(=O)OC(C)(C)C. The van der Waals surface area contributed by atoms with Crippen molar-refractivity contribution < 1.29 is 42.1 Å². The first-order chi connectivity index (χ1) is 15.3. The fourth-order valence-corrected chi connectivity index (χ4v) is 2.91. The van der Waals surface area contributed by atoms with Crippen LogP contribution in [0.1, 0.15) is 42.4 Å². The summed E-state index contributed by atoms with van der Waals surface area (Å²) in [6, 6.07) is 2.53. The van der Waals surface area contributed by atoms with E-state index in [2.05, 4.69) is 10.4 Å². The van der Waals surface area contributed by atoms with Gasteiger partial charge in [0, 0.05) is 24.4 Å². The summed E-state index contributed by atoms with van der Waals surface area (Å²) in [7, 11) is 2.42. The normalized spacial score (nSPS) is 11.8. The monoisotopic (exact) mass is 473 g/mol. The number of hydrogen-bond donors (Lipinski definition) is 2. The molecule has 0 aliphatic heterocycles. The van der Waals surface area contributed by atoms with Gasteiger partial charge < -0.3 is 24.6 Å². The lowest BCUT2D eigenvalue weighted by atomic mass is 9.98. The van der Waals surface area contributed by atoms with Gasteiger partial charge in [-0.2, -0.15) is 18.3 Å². The number of methoxy groups -OCH3 is 1. The van der Waals surface area contributed by atoms with Crippen molar-refractivity contribution in [3.05, 3.63) is 35.2 Å². The maximum atomic E-state index is 13.6. The highest BCUT2D eigenvalue weighted by Crippen LogP contribution is 2.41. The van der Waals surface area contributed by atoms with Crippen LogP contribution >= 0.6 is 0 Å². The fourth-order valence-electron chi connectivity index (χ4n) is 2.91. The molecule has 0 saturated carbocycles. The Labute approximate surface area is 188 Å². The van der Waals surface area contributed by atoms with Crippen LogP contribution < -0.4 is 10.1 Å². The van der Waals surface area contributed by atoms with Crippen molar-refractivity contribution in [3.63, 3.8) is 0 Å². The van der Waals surface area contributed by atoms with Gasteiger partial charge in [-0.25, -0.2) is 9.59 Å². The predicted molar refractivity (Wildman–Crippen MR) is 111 cm³/mol. The molecule has 2 rings (SSSR count). The number of halogens is 3. The Morgan fingerprint density at radius 1 is 1.18 bits per heavy atom. The van der Waals surface area contributed by atoms with E-state index in [1.165, 1.54) is 19.2 Å². The highest BCUT2D eigenvalue weighted by molar-refractivity contribution is 5.96. The quantitative estimate of drug-likeness (QED) is 0.469. The van der Waals surface area contributed by atoms with Crippen LogP contribution in [0.5, 0.6) is 5.75 Å². The van der Waals surface area contributed by atoms with Crippen molar-refractivity contribution in [2.24, 2.45) is 7.05 Å². The topological polar surface area (TPSA) is 112 Å². The molecule has 12 heteroatoms. The van der Waals surface area contributed by atoms with Crippen LogP contribution in [-0.4, -0.2) is 52.8 Å². The number of aromatic nitrogens is 2. The van der Waals surface area contributed by atoms with E-state index in [4.69, 9.17) is 14.2 Å². The number of amides is 1. The average molecular weight is 473 g/mol. The highest BCUT2D eigenvalue weighted by Gasteiger charge is 2.38. The van der Waals surface area contributed by atoms with Gasteiger partial charge in [0.05, 0.1) is 20.3 Å². The highest BCUT2D eigenvalue weighted by atomic mass is 19.4. The van der Waals surface area contributed by atoms with Crippen LogP contribution in [0.3, 0.4) is 0 Å². The van der Waals surface area contributed by atoms with Gasteiger partial charge in [0.25, 0.3) is 0 Å². The summed E-state index contributed by atoms with van der Waals surface area (Å²) in [6.45, 7) is 4.26. The Balaban J connectivity index is 2.46. The predicted octanol–water partition coefficient (Wildman–Crippen LogP) is 3.29. The third-order valence-electron chi connectivity index (χ3n) is 4.14. The first-order valence-electron chi connectivity index (χ1n) is 9.83. The van der Waals surface area contributed by atoms with Gasteiger partial charge in [0.1, 0.15) is 23.5 Å². The van der Waals surface area contributed by atoms with Crippen LogP contribution in [0.15, 0.2) is 18.3 Å². The summed E-state index contributed by atoms with van der Waals surface area (Å²) in [5.74, 6) is -1.08. The number of aryl methyl sites for hydroxylation is 1. The Morgan fingerprint density at radius 3 is 2.39 bits per heavy atom. The summed E-state index contributed by atoms with van der Waals surface area (Å²) in [6.07, 6.45) is -4.36. The number of aliphatic hydroxyl groups is 1. The summed E-state index contributed by atoms with van der Waals surface area (Å²) >= 11 is 0. The molecule has 0 aliphatic carbocycles. The molecule has 0 fully saturated rings. The second-order valence-corrected chi connectivity index (χ2v) is 8.01. The number of hydrogen-bond acceptors (Lipinski definition) is 7. The van der Waals surface area contributed by atoms with Crippen molar-refractivity contribution in [2.45, 2.75) is 39.2 Å². The van der Waals surface area contributed by atoms with E-state index in [-0.39, 0.29) is 41.2 Å². The Bertz CT molecular complexity index is 1010. The van der Waals surface area contributed by atoms with Crippen molar-refractivity contribution in [1.82, 2.24) is 15.1 Å². The van der Waals surface area contributed by atoms with Crippen molar-refractivity contribution in [3.8, 4) is 16.9 Å². The van der Waals surface area contributed by atoms with Crippen molar-refractivity contribution >= 4 is 12.1 Å². The van der Waals surface area contributed by atoms with Gasteiger partial charge in [-0.1, -0.05) is 0 Å². The third kappa shape index (κ3) is 6.85. The minimum Gasteiger partial charge on any atom is -0.490 e. The molecule has 2 aromatic rings. The number of aliphatic hydroxyl groups excluding tert-OH is 1. The van der Waals surface area contributed by atoms with Gasteiger partial charge in [-0.05, 0) is 38.5 Å². The van der Waals surface area contributed by atoms with Gasteiger partial charge in [0.2, 0.25) is 0 Å². The number of carbonyl (C=O) groups excluding carboxylic acids is 2. The van der Waals surface area contributed by atoms with Gasteiger partial charge in [-0.15, -0.1) is 0 Å². The standard InChI is InChI=1S/C21H26F3N3O6/c1-20(2,3)33-19(30)25-6-7-32-16-13(8-12(11-28)9-14(16)18(29)31-5)15-10-27(4)26-17(15)21(22,23)24/h8-10,28H,6-7,11H2,1-5H3,(H,25,30). The largest absolute Gasteiger partial charge is 0.490 e. The zero-order chi connectivity index (χ0) is 25.0. The zero-order valence-electron chi connectivity index (χ0n) is 18.9. The number of nitrogens with zero attached hydrogens (tertiary/aromatic N) is 2. The molecule has 182 valence electrons. The van der Waals surface area contributed by atoms with E-state index < -0.39 is 36.1 Å². The van der Waals surface area contributed by atoms with E-state index in [0.29, 0.717) is 0 Å². The fraction of sp³-hybridized carbons (Fsp3) is 0.476. The maximum absolute atomic E-state index is 13.6.